The monoisotopic (exact) mass is 276 g/mol. The third-order valence-corrected chi connectivity index (χ3v) is 3.33. The number of hydrogen-bond donors (Lipinski definition) is 2. The second-order valence-corrected chi connectivity index (χ2v) is 4.77. The van der Waals surface area contributed by atoms with Gasteiger partial charge in [0.25, 0.3) is 0 Å². The van der Waals surface area contributed by atoms with Gasteiger partial charge in [0.05, 0.1) is 19.1 Å². The van der Waals surface area contributed by atoms with Crippen molar-refractivity contribution in [1.82, 2.24) is 9.97 Å². The molecule has 2 N–H and O–H groups in total. The minimum absolute atomic E-state index is 0.0267. The maximum absolute atomic E-state index is 9.64. The molecule has 5 heteroatoms. The first-order valence-corrected chi connectivity index (χ1v) is 6.43. The minimum Gasteiger partial charge on any atom is -0.502 e. The summed E-state index contributed by atoms with van der Waals surface area (Å²) in [4.78, 5) is 7.06. The molecular weight excluding hydrogens is 260 g/mol. The van der Waals surface area contributed by atoms with E-state index < -0.39 is 0 Å². The Bertz CT molecular complexity index is 523. The summed E-state index contributed by atoms with van der Waals surface area (Å²) in [6.45, 7) is 0. The van der Waals surface area contributed by atoms with Crippen molar-refractivity contribution in [2.45, 2.75) is 12.8 Å². The first kappa shape index (κ1) is 13.5. The van der Waals surface area contributed by atoms with Crippen molar-refractivity contribution in [2.24, 2.45) is 5.92 Å². The average molecular weight is 276 g/mol. The number of imidazole rings is 1. The number of methoxy groups -OCH3 is 1. The molecule has 0 fully saturated rings. The Morgan fingerprint density at radius 3 is 2.63 bits per heavy atom. The molecule has 100 valence electrons. The van der Waals surface area contributed by atoms with E-state index in [1.807, 2.05) is 30.5 Å². The van der Waals surface area contributed by atoms with E-state index in [9.17, 15) is 5.11 Å². The molecule has 1 aromatic heterocycles. The Kier molecular flexibility index (Phi) is 4.52. The molecule has 2 rings (SSSR count). The highest BCUT2D eigenvalue weighted by Gasteiger charge is 2.16. The number of hydrogen-bond acceptors (Lipinski definition) is 3. The van der Waals surface area contributed by atoms with Crippen LogP contribution < -0.4 is 4.74 Å². The fourth-order valence-electron chi connectivity index (χ4n) is 1.95. The first-order valence-electron chi connectivity index (χ1n) is 6.02. The largest absolute Gasteiger partial charge is 0.502 e. The lowest BCUT2D eigenvalue weighted by atomic mass is 9.95. The van der Waals surface area contributed by atoms with Gasteiger partial charge in [-0.25, -0.2) is 4.98 Å². The van der Waals surface area contributed by atoms with Crippen LogP contribution in [0.3, 0.4) is 0 Å². The summed E-state index contributed by atoms with van der Waals surface area (Å²) < 4.78 is 5.12. The Labute approximate surface area is 117 Å². The molecule has 0 spiro atoms. The minimum atomic E-state index is -0.105. The van der Waals surface area contributed by atoms with Gasteiger partial charge in [-0.3, -0.25) is 0 Å². The van der Waals surface area contributed by atoms with Crippen LogP contribution in [0.15, 0.2) is 36.8 Å². The molecule has 0 saturated heterocycles. The molecule has 1 aromatic carbocycles. The normalized spacial score (nSPS) is 12.1. The molecule has 1 atom stereocenters. The van der Waals surface area contributed by atoms with Gasteiger partial charge in [0.15, 0.2) is 5.05 Å². The van der Waals surface area contributed by atoms with E-state index in [2.05, 4.69) is 9.97 Å². The number of H-pyrrole nitrogens is 1. The number of nitrogens with zero attached hydrogens (tertiary/aromatic N) is 1. The highest BCUT2D eigenvalue weighted by Crippen LogP contribution is 2.17. The van der Waals surface area contributed by atoms with Crippen LogP contribution in [0.2, 0.25) is 0 Å². The van der Waals surface area contributed by atoms with Gasteiger partial charge in [-0.2, -0.15) is 0 Å². The summed E-state index contributed by atoms with van der Waals surface area (Å²) in [6, 6.07) is 7.77. The van der Waals surface area contributed by atoms with Crippen LogP contribution in [0.1, 0.15) is 11.3 Å². The van der Waals surface area contributed by atoms with Crippen LogP contribution >= 0.6 is 12.2 Å². The zero-order valence-electron chi connectivity index (χ0n) is 10.7. The van der Waals surface area contributed by atoms with E-state index in [-0.39, 0.29) is 11.0 Å². The van der Waals surface area contributed by atoms with Crippen molar-refractivity contribution in [2.75, 3.05) is 7.11 Å². The van der Waals surface area contributed by atoms with Crippen LogP contribution in [0, 0.1) is 5.92 Å². The molecule has 0 radical (unpaired) electrons. The fourth-order valence-corrected chi connectivity index (χ4v) is 2.11. The van der Waals surface area contributed by atoms with E-state index in [0.717, 1.165) is 17.0 Å². The number of benzene rings is 1. The lowest BCUT2D eigenvalue weighted by Gasteiger charge is -2.13. The third-order valence-electron chi connectivity index (χ3n) is 3.00. The molecule has 1 heterocycles. The molecule has 0 aliphatic rings. The lowest BCUT2D eigenvalue weighted by molar-refractivity contribution is 0.414. The van der Waals surface area contributed by atoms with Gasteiger partial charge in [0.2, 0.25) is 0 Å². The summed E-state index contributed by atoms with van der Waals surface area (Å²) >= 11 is 4.93. The molecular formula is C14H16N2O2S. The molecule has 2 aromatic rings. The molecule has 19 heavy (non-hydrogen) atoms. The number of ether oxygens (including phenoxy) is 1. The van der Waals surface area contributed by atoms with Crippen LogP contribution in [0.5, 0.6) is 5.75 Å². The Hall–Kier alpha value is -1.88. The molecule has 0 bridgehead atoms. The summed E-state index contributed by atoms with van der Waals surface area (Å²) in [5, 5.41) is 9.67. The predicted molar refractivity (Wildman–Crippen MR) is 77.7 cm³/mol. The third kappa shape index (κ3) is 3.79. The van der Waals surface area contributed by atoms with E-state index >= 15 is 0 Å². The van der Waals surface area contributed by atoms with E-state index in [0.29, 0.717) is 12.8 Å². The molecule has 0 amide bonds. The molecule has 4 nitrogen and oxygen atoms in total. The quantitative estimate of drug-likeness (QED) is 0.796. The highest BCUT2D eigenvalue weighted by molar-refractivity contribution is 7.80. The highest BCUT2D eigenvalue weighted by atomic mass is 32.1. The maximum atomic E-state index is 9.64. The van der Waals surface area contributed by atoms with Gasteiger partial charge >= 0.3 is 0 Å². The van der Waals surface area contributed by atoms with E-state index in [1.165, 1.54) is 0 Å². The van der Waals surface area contributed by atoms with Crippen LogP contribution in [0.25, 0.3) is 0 Å². The second kappa shape index (κ2) is 6.33. The lowest BCUT2D eigenvalue weighted by Crippen LogP contribution is -2.17. The number of aromatic nitrogens is 2. The molecule has 0 aliphatic carbocycles. The van der Waals surface area contributed by atoms with Crippen LogP contribution in [-0.4, -0.2) is 27.2 Å². The zero-order valence-corrected chi connectivity index (χ0v) is 11.5. The summed E-state index contributed by atoms with van der Waals surface area (Å²) in [5.74, 6) is 0.714. The topological polar surface area (TPSA) is 58.1 Å². The van der Waals surface area contributed by atoms with Crippen molar-refractivity contribution in [3.63, 3.8) is 0 Å². The van der Waals surface area contributed by atoms with Gasteiger partial charge in [-0.1, -0.05) is 12.1 Å². The Morgan fingerprint density at radius 1 is 1.37 bits per heavy atom. The number of nitrogens with one attached hydrogen (secondary N) is 1. The number of aliphatic hydroxyl groups is 1. The molecule has 0 saturated carbocycles. The standard InChI is InChI=1S/C14H16N2O2S/c1-18-13-4-2-10(3-5-13)6-11(14(17)19)7-12-8-15-9-16-12/h2-5,8-9,11H,6-7H2,1H3,(H,15,16)(H,17,19). The number of rotatable bonds is 6. The van der Waals surface area contributed by atoms with Crippen molar-refractivity contribution < 1.29 is 9.84 Å². The van der Waals surface area contributed by atoms with Gasteiger partial charge < -0.3 is 14.8 Å². The summed E-state index contributed by atoms with van der Waals surface area (Å²) in [7, 11) is 1.64. The number of thiocarbonyl (C=S) groups is 1. The average Bonchev–Trinajstić information content (AvgIpc) is 2.91. The van der Waals surface area contributed by atoms with Gasteiger partial charge in [-0.15, -0.1) is 0 Å². The first-order chi connectivity index (χ1) is 9.19. The molecule has 1 unspecified atom stereocenters. The van der Waals surface area contributed by atoms with Crippen molar-refractivity contribution >= 4 is 17.3 Å². The maximum Gasteiger partial charge on any atom is 0.160 e. The van der Waals surface area contributed by atoms with Gasteiger partial charge in [0.1, 0.15) is 5.75 Å². The Morgan fingerprint density at radius 2 is 2.11 bits per heavy atom. The van der Waals surface area contributed by atoms with Crippen LogP contribution in [-0.2, 0) is 12.8 Å². The second-order valence-electron chi connectivity index (χ2n) is 4.35. The van der Waals surface area contributed by atoms with Crippen molar-refractivity contribution in [1.29, 1.82) is 0 Å². The van der Waals surface area contributed by atoms with Crippen molar-refractivity contribution in [3.05, 3.63) is 48.0 Å². The zero-order chi connectivity index (χ0) is 13.7. The fraction of sp³-hybridized carbons (Fsp3) is 0.286. The van der Waals surface area contributed by atoms with E-state index in [1.54, 1.807) is 13.4 Å². The van der Waals surface area contributed by atoms with Crippen molar-refractivity contribution in [3.8, 4) is 5.75 Å². The van der Waals surface area contributed by atoms with Crippen LogP contribution in [0.4, 0.5) is 0 Å². The SMILES string of the molecule is COc1ccc(CC(Cc2c[nH]cn2)C(O)=S)cc1. The number of aliphatic hydroxyl groups excluding tert-OH is 1. The van der Waals surface area contributed by atoms with Gasteiger partial charge in [0, 0.05) is 18.5 Å². The summed E-state index contributed by atoms with van der Waals surface area (Å²) in [6.07, 6.45) is 4.76. The Balaban J connectivity index is 2.05. The predicted octanol–water partition coefficient (Wildman–Crippen LogP) is 2.71. The molecule has 0 aliphatic heterocycles. The number of aromatic amines is 1. The van der Waals surface area contributed by atoms with E-state index in [4.69, 9.17) is 17.0 Å². The van der Waals surface area contributed by atoms with Gasteiger partial charge in [-0.05, 0) is 36.3 Å². The summed E-state index contributed by atoms with van der Waals surface area (Å²) in [5.41, 5.74) is 2.01. The smallest absolute Gasteiger partial charge is 0.160 e.